The monoisotopic (exact) mass is 687 g/mol. The first kappa shape index (κ1) is 33.4. The van der Waals surface area contributed by atoms with Gasteiger partial charge in [0.2, 0.25) is 0 Å². The van der Waals surface area contributed by atoms with E-state index in [0.29, 0.717) is 36.3 Å². The maximum absolute atomic E-state index is 16.6. The molecule has 3 aliphatic rings. The number of carbonyl (C=O) groups excluding carboxylic acids is 2. The van der Waals surface area contributed by atoms with Crippen LogP contribution in [0, 0.1) is 0 Å². The van der Waals surface area contributed by atoms with Crippen LogP contribution >= 0.6 is 11.6 Å². The highest BCUT2D eigenvalue weighted by Crippen LogP contribution is 2.40. The van der Waals surface area contributed by atoms with E-state index in [0.717, 1.165) is 47.8 Å². The van der Waals surface area contributed by atoms with E-state index in [-0.39, 0.29) is 29.8 Å². The highest BCUT2D eigenvalue weighted by Gasteiger charge is 2.53. The Labute approximate surface area is 289 Å². The minimum atomic E-state index is -3.80. The second-order valence-electron chi connectivity index (χ2n) is 13.7. The molecule has 4 N–H and O–H groups in total. The Morgan fingerprint density at radius 1 is 0.857 bits per heavy atom. The van der Waals surface area contributed by atoms with Crippen LogP contribution in [0.2, 0.25) is 5.02 Å². The van der Waals surface area contributed by atoms with Gasteiger partial charge >= 0.3 is 5.92 Å². The fourth-order valence-corrected chi connectivity index (χ4v) is 7.91. The smallest absolute Gasteiger partial charge is 0.302 e. The van der Waals surface area contributed by atoms with E-state index in [9.17, 15) is 14.7 Å². The number of hydrogen-bond acceptors (Lipinski definition) is 5. The molecule has 2 aliphatic heterocycles. The molecule has 256 valence electrons. The third kappa shape index (κ3) is 6.89. The summed E-state index contributed by atoms with van der Waals surface area (Å²) >= 11 is 6.01. The van der Waals surface area contributed by atoms with Crippen LogP contribution in [0.5, 0.6) is 5.75 Å². The number of aliphatic hydroxyl groups excluding tert-OH is 1. The standard InChI is InChI=1S/C39H40ClF2N3O4/c40-29-14-9-24(10-15-29)23-7-12-28(13-8-23)39(41,42)36(38(48)45-31-16-17-32(45)22-30(43)21-31)44-37(47)35(46)27-6-5-26-20-34(18-11-25(26)19-27)49-33-3-1-2-4-33/h5-15,18-20,30-33,35-36,46H,1-4,16-17,21-22,43H2,(H,44,47)/t30?,31?,32?,35-,36+/m1/s1. The average Bonchev–Trinajstić information content (AvgIpc) is 3.71. The lowest BCUT2D eigenvalue weighted by atomic mass is 9.93. The van der Waals surface area contributed by atoms with Gasteiger partial charge in [0.05, 0.1) is 6.10 Å². The molecule has 0 aromatic heterocycles. The molecule has 2 saturated heterocycles. The van der Waals surface area contributed by atoms with Crippen molar-refractivity contribution in [3.63, 3.8) is 0 Å². The molecule has 10 heteroatoms. The zero-order valence-electron chi connectivity index (χ0n) is 27.0. The molecule has 1 saturated carbocycles. The van der Waals surface area contributed by atoms with Gasteiger partial charge in [0.15, 0.2) is 12.1 Å². The van der Waals surface area contributed by atoms with Crippen LogP contribution < -0.4 is 15.8 Å². The summed E-state index contributed by atoms with van der Waals surface area (Å²) in [6, 6.07) is 20.3. The van der Waals surface area contributed by atoms with Gasteiger partial charge in [-0.05, 0) is 109 Å². The van der Waals surface area contributed by atoms with Crippen LogP contribution in [0.3, 0.4) is 0 Å². The predicted octanol–water partition coefficient (Wildman–Crippen LogP) is 7.27. The number of nitrogens with zero attached hydrogens (tertiary/aromatic N) is 1. The van der Waals surface area contributed by atoms with Gasteiger partial charge in [0.25, 0.3) is 11.8 Å². The van der Waals surface area contributed by atoms with Gasteiger partial charge in [0, 0.05) is 28.7 Å². The first-order chi connectivity index (χ1) is 23.6. The SMILES string of the molecule is NC1CC2CCC(C1)N2C(=O)[C@H](NC(=O)[C@H](O)c1ccc2cc(OC3CCCC3)ccc2c1)C(F)(F)c1ccc(-c2ccc(Cl)cc2)cc1. The van der Waals surface area contributed by atoms with Crippen molar-refractivity contribution in [2.45, 2.75) is 93.7 Å². The van der Waals surface area contributed by atoms with E-state index in [1.807, 2.05) is 18.2 Å². The first-order valence-corrected chi connectivity index (χ1v) is 17.5. The van der Waals surface area contributed by atoms with Crippen molar-refractivity contribution in [2.75, 3.05) is 0 Å². The Morgan fingerprint density at radius 2 is 1.45 bits per heavy atom. The number of alkyl halides is 2. The number of hydrogen-bond donors (Lipinski definition) is 3. The largest absolute Gasteiger partial charge is 0.490 e. The molecule has 2 heterocycles. The summed E-state index contributed by atoms with van der Waals surface area (Å²) in [7, 11) is 0. The summed E-state index contributed by atoms with van der Waals surface area (Å²) in [4.78, 5) is 29.2. The van der Waals surface area contributed by atoms with Crippen LogP contribution in [-0.4, -0.2) is 52.1 Å². The highest BCUT2D eigenvalue weighted by molar-refractivity contribution is 6.30. The van der Waals surface area contributed by atoms with E-state index < -0.39 is 35.4 Å². The summed E-state index contributed by atoms with van der Waals surface area (Å²) in [6.45, 7) is 0. The molecule has 2 unspecified atom stereocenters. The van der Waals surface area contributed by atoms with Crippen LogP contribution in [0.15, 0.2) is 84.9 Å². The summed E-state index contributed by atoms with van der Waals surface area (Å²) in [6.07, 6.45) is 5.14. The number of nitrogens with two attached hydrogens (primary N) is 1. The van der Waals surface area contributed by atoms with Crippen molar-refractivity contribution in [1.82, 2.24) is 10.2 Å². The van der Waals surface area contributed by atoms with Crippen molar-refractivity contribution < 1.29 is 28.2 Å². The molecule has 4 atom stereocenters. The lowest BCUT2D eigenvalue weighted by Gasteiger charge is -2.41. The number of halogens is 3. The van der Waals surface area contributed by atoms with Gasteiger partial charge in [-0.15, -0.1) is 0 Å². The van der Waals surface area contributed by atoms with Crippen molar-refractivity contribution in [3.8, 4) is 16.9 Å². The van der Waals surface area contributed by atoms with Gasteiger partial charge in [-0.1, -0.05) is 66.2 Å². The molecule has 49 heavy (non-hydrogen) atoms. The highest BCUT2D eigenvalue weighted by atomic mass is 35.5. The number of nitrogens with one attached hydrogen (secondary N) is 1. The van der Waals surface area contributed by atoms with E-state index in [4.69, 9.17) is 22.1 Å². The number of carbonyl (C=O) groups is 2. The molecule has 2 bridgehead atoms. The Bertz CT molecular complexity index is 1820. The summed E-state index contributed by atoms with van der Waals surface area (Å²) < 4.78 is 39.3. The number of piperidine rings is 1. The van der Waals surface area contributed by atoms with E-state index in [1.54, 1.807) is 54.6 Å². The minimum absolute atomic E-state index is 0.115. The third-order valence-electron chi connectivity index (χ3n) is 10.4. The lowest BCUT2D eigenvalue weighted by Crippen LogP contribution is -2.61. The van der Waals surface area contributed by atoms with Crippen molar-refractivity contribution >= 4 is 34.2 Å². The third-order valence-corrected chi connectivity index (χ3v) is 10.6. The van der Waals surface area contributed by atoms with Gasteiger partial charge in [-0.2, -0.15) is 8.78 Å². The van der Waals surface area contributed by atoms with Gasteiger partial charge in [-0.25, -0.2) is 0 Å². The summed E-state index contributed by atoms with van der Waals surface area (Å²) in [5, 5.41) is 15.6. The Balaban J connectivity index is 1.14. The van der Waals surface area contributed by atoms with Gasteiger partial charge in [0.1, 0.15) is 5.75 Å². The fraction of sp³-hybridized carbons (Fsp3) is 0.385. The molecule has 1 aliphatic carbocycles. The zero-order chi connectivity index (χ0) is 34.3. The van der Waals surface area contributed by atoms with Crippen molar-refractivity contribution in [2.24, 2.45) is 5.73 Å². The average molecular weight is 688 g/mol. The number of amides is 2. The van der Waals surface area contributed by atoms with Crippen LogP contribution in [0.25, 0.3) is 21.9 Å². The zero-order valence-corrected chi connectivity index (χ0v) is 27.8. The number of aliphatic hydroxyl groups is 1. The van der Waals surface area contributed by atoms with Crippen LogP contribution in [-0.2, 0) is 15.5 Å². The molecule has 0 radical (unpaired) electrons. The van der Waals surface area contributed by atoms with Crippen LogP contribution in [0.4, 0.5) is 8.78 Å². The molecule has 7 nitrogen and oxygen atoms in total. The topological polar surface area (TPSA) is 105 Å². The first-order valence-electron chi connectivity index (χ1n) is 17.1. The lowest BCUT2D eigenvalue weighted by molar-refractivity contribution is -0.155. The summed E-state index contributed by atoms with van der Waals surface area (Å²) in [5.41, 5.74) is 7.48. The van der Waals surface area contributed by atoms with Crippen LogP contribution in [0.1, 0.15) is 68.6 Å². The Kier molecular flexibility index (Phi) is 9.35. The fourth-order valence-electron chi connectivity index (χ4n) is 7.79. The number of rotatable bonds is 9. The van der Waals surface area contributed by atoms with Gasteiger partial charge < -0.3 is 25.8 Å². The molecule has 4 aromatic carbocycles. The molecule has 4 aromatic rings. The maximum atomic E-state index is 16.6. The van der Waals surface area contributed by atoms with E-state index in [1.165, 1.54) is 17.0 Å². The van der Waals surface area contributed by atoms with Crippen molar-refractivity contribution in [3.05, 3.63) is 101 Å². The minimum Gasteiger partial charge on any atom is -0.490 e. The van der Waals surface area contributed by atoms with E-state index in [2.05, 4.69) is 5.32 Å². The molecule has 3 fully saturated rings. The number of benzene rings is 4. The second kappa shape index (κ2) is 13.7. The van der Waals surface area contributed by atoms with Gasteiger partial charge in [-0.3, -0.25) is 9.59 Å². The molecular formula is C39H40ClF2N3O4. The predicted molar refractivity (Wildman–Crippen MR) is 185 cm³/mol. The Hall–Kier alpha value is -4.05. The molecule has 2 amide bonds. The molecule has 0 spiro atoms. The van der Waals surface area contributed by atoms with E-state index >= 15 is 8.78 Å². The Morgan fingerprint density at radius 3 is 2.10 bits per heavy atom. The normalized spacial score (nSPS) is 22.2. The number of fused-ring (bicyclic) bond motifs is 3. The maximum Gasteiger partial charge on any atom is 0.302 e. The molecular weight excluding hydrogens is 648 g/mol. The van der Waals surface area contributed by atoms with Crippen molar-refractivity contribution in [1.29, 1.82) is 0 Å². The summed E-state index contributed by atoms with van der Waals surface area (Å²) in [5.74, 6) is -5.01. The molecule has 7 rings (SSSR count). The quantitative estimate of drug-likeness (QED) is 0.172. The number of ether oxygens (including phenoxy) is 1. The second-order valence-corrected chi connectivity index (χ2v) is 14.1.